The van der Waals surface area contributed by atoms with Gasteiger partial charge in [0.25, 0.3) is 0 Å². The number of aromatic nitrogens is 2. The number of carbonyl (C=O) groups excluding carboxylic acids is 2. The molecule has 2 amide bonds. The van der Waals surface area contributed by atoms with E-state index in [1.807, 2.05) is 44.3 Å². The van der Waals surface area contributed by atoms with Gasteiger partial charge in [-0.25, -0.2) is 4.98 Å². The highest BCUT2D eigenvalue weighted by Crippen LogP contribution is 2.27. The molecule has 0 bridgehead atoms. The SMILES string of the molecule is CNC(C)(C)C(=O)N(C)C/C=C/c1cnc2c(c1)CC(C(=O)Nc1ccccn1)C2. The Morgan fingerprint density at radius 2 is 2.07 bits per heavy atom. The van der Waals surface area contributed by atoms with Crippen LogP contribution >= 0.6 is 0 Å². The van der Waals surface area contributed by atoms with Crippen molar-refractivity contribution in [1.29, 1.82) is 0 Å². The molecule has 0 saturated heterocycles. The Bertz CT molecular complexity index is 940. The maximum absolute atomic E-state index is 12.5. The summed E-state index contributed by atoms with van der Waals surface area (Å²) in [5.74, 6) is 0.427. The van der Waals surface area contributed by atoms with Crippen LogP contribution in [-0.4, -0.2) is 52.9 Å². The number of pyridine rings is 2. The fourth-order valence-corrected chi connectivity index (χ4v) is 3.44. The molecule has 2 heterocycles. The lowest BCUT2D eigenvalue weighted by Gasteiger charge is -2.28. The summed E-state index contributed by atoms with van der Waals surface area (Å²) in [5.41, 5.74) is 2.44. The van der Waals surface area contributed by atoms with Gasteiger partial charge in [0.05, 0.1) is 5.54 Å². The highest BCUT2D eigenvalue weighted by Gasteiger charge is 2.29. The van der Waals surface area contributed by atoms with E-state index < -0.39 is 5.54 Å². The molecule has 7 nitrogen and oxygen atoms in total. The Kier molecular flexibility index (Phi) is 6.62. The van der Waals surface area contributed by atoms with Gasteiger partial charge < -0.3 is 15.5 Å². The lowest BCUT2D eigenvalue weighted by molar-refractivity contribution is -0.135. The number of rotatable bonds is 7. The Balaban J connectivity index is 1.58. The van der Waals surface area contributed by atoms with Crippen molar-refractivity contribution < 1.29 is 9.59 Å². The number of carbonyl (C=O) groups is 2. The van der Waals surface area contributed by atoms with Crippen molar-refractivity contribution >= 4 is 23.7 Å². The van der Waals surface area contributed by atoms with E-state index in [9.17, 15) is 9.59 Å². The van der Waals surface area contributed by atoms with Crippen LogP contribution in [0, 0.1) is 5.92 Å². The normalized spacial score (nSPS) is 15.8. The van der Waals surface area contributed by atoms with E-state index in [0.717, 1.165) is 16.8 Å². The van der Waals surface area contributed by atoms with Gasteiger partial charge in [-0.05, 0) is 56.6 Å². The van der Waals surface area contributed by atoms with Gasteiger partial charge in [-0.15, -0.1) is 0 Å². The van der Waals surface area contributed by atoms with Crippen molar-refractivity contribution in [3.8, 4) is 0 Å². The standard InChI is InChI=1S/C23H29N5O2/c1-23(2,24-3)22(30)28(4)11-7-8-16-12-17-13-18(14-19(17)26-15-16)21(29)27-20-9-5-6-10-25-20/h5-10,12,15,18,24H,11,13-14H2,1-4H3,(H,25,27,29)/b8-7+. The summed E-state index contributed by atoms with van der Waals surface area (Å²) in [5, 5.41) is 5.90. The van der Waals surface area contributed by atoms with Crippen molar-refractivity contribution in [3.05, 3.63) is 59.6 Å². The molecule has 1 aliphatic carbocycles. The van der Waals surface area contributed by atoms with Gasteiger partial charge in [-0.2, -0.15) is 0 Å². The van der Waals surface area contributed by atoms with Gasteiger partial charge in [-0.3, -0.25) is 14.6 Å². The van der Waals surface area contributed by atoms with Crippen LogP contribution in [0.2, 0.25) is 0 Å². The quantitative estimate of drug-likeness (QED) is 0.735. The number of fused-ring (bicyclic) bond motifs is 1. The average Bonchev–Trinajstić information content (AvgIpc) is 3.17. The fraction of sp³-hybridized carbons (Fsp3) is 0.391. The molecule has 0 aliphatic heterocycles. The Morgan fingerprint density at radius 3 is 2.77 bits per heavy atom. The molecule has 7 heteroatoms. The number of nitrogens with one attached hydrogen (secondary N) is 2. The summed E-state index contributed by atoms with van der Waals surface area (Å²) in [6, 6.07) is 7.51. The third kappa shape index (κ3) is 5.10. The van der Waals surface area contributed by atoms with Crippen LogP contribution < -0.4 is 10.6 Å². The minimum absolute atomic E-state index is 0.0310. The van der Waals surface area contributed by atoms with Gasteiger partial charge in [0.1, 0.15) is 5.82 Å². The number of amides is 2. The van der Waals surface area contributed by atoms with E-state index >= 15 is 0 Å². The first-order valence-corrected chi connectivity index (χ1v) is 10.1. The number of hydrogen-bond donors (Lipinski definition) is 2. The summed E-state index contributed by atoms with van der Waals surface area (Å²) < 4.78 is 0. The van der Waals surface area contributed by atoms with Crippen molar-refractivity contribution in [2.24, 2.45) is 5.92 Å². The van der Waals surface area contributed by atoms with E-state index in [0.29, 0.717) is 25.2 Å². The van der Waals surface area contributed by atoms with E-state index in [-0.39, 0.29) is 17.7 Å². The molecule has 1 unspecified atom stereocenters. The summed E-state index contributed by atoms with van der Waals surface area (Å²) >= 11 is 0. The number of likely N-dealkylation sites (N-methyl/N-ethyl adjacent to an activating group) is 2. The third-order valence-corrected chi connectivity index (χ3v) is 5.47. The Labute approximate surface area is 177 Å². The molecular weight excluding hydrogens is 378 g/mol. The van der Waals surface area contributed by atoms with E-state index in [2.05, 4.69) is 26.7 Å². The van der Waals surface area contributed by atoms with Gasteiger partial charge in [0, 0.05) is 44.0 Å². The van der Waals surface area contributed by atoms with Crippen molar-refractivity contribution in [2.45, 2.75) is 32.2 Å². The number of anilines is 1. The highest BCUT2D eigenvalue weighted by molar-refractivity contribution is 5.92. The zero-order valence-corrected chi connectivity index (χ0v) is 18.0. The fourth-order valence-electron chi connectivity index (χ4n) is 3.44. The molecule has 1 atom stereocenters. The molecule has 0 saturated carbocycles. The average molecular weight is 408 g/mol. The summed E-state index contributed by atoms with van der Waals surface area (Å²) in [6.45, 7) is 4.23. The first-order chi connectivity index (χ1) is 14.3. The van der Waals surface area contributed by atoms with Gasteiger partial charge in [0.15, 0.2) is 0 Å². The van der Waals surface area contributed by atoms with E-state index in [1.54, 1.807) is 31.3 Å². The second kappa shape index (κ2) is 9.17. The van der Waals surface area contributed by atoms with Crippen LogP contribution in [0.15, 0.2) is 42.7 Å². The topological polar surface area (TPSA) is 87.2 Å². The predicted octanol–water partition coefficient (Wildman–Crippen LogP) is 2.30. The van der Waals surface area contributed by atoms with E-state index in [1.165, 1.54) is 0 Å². The molecule has 2 aromatic rings. The highest BCUT2D eigenvalue weighted by atomic mass is 16.2. The molecular formula is C23H29N5O2. The zero-order chi connectivity index (χ0) is 21.7. The molecule has 3 rings (SSSR count). The first kappa shape index (κ1) is 21.6. The first-order valence-electron chi connectivity index (χ1n) is 10.1. The van der Waals surface area contributed by atoms with E-state index in [4.69, 9.17) is 0 Å². The lowest BCUT2D eigenvalue weighted by Crippen LogP contribution is -2.51. The summed E-state index contributed by atoms with van der Waals surface area (Å²) in [7, 11) is 3.57. The molecule has 2 aromatic heterocycles. The van der Waals surface area contributed by atoms with Crippen LogP contribution in [0.1, 0.15) is 30.7 Å². The largest absolute Gasteiger partial charge is 0.340 e. The predicted molar refractivity (Wildman–Crippen MR) is 118 cm³/mol. The molecule has 2 N–H and O–H groups in total. The summed E-state index contributed by atoms with van der Waals surface area (Å²) in [4.78, 5) is 35.3. The minimum Gasteiger partial charge on any atom is -0.340 e. The molecule has 0 fully saturated rings. The zero-order valence-electron chi connectivity index (χ0n) is 18.0. The minimum atomic E-state index is -0.595. The van der Waals surface area contributed by atoms with Crippen molar-refractivity contribution in [2.75, 3.05) is 26.0 Å². The lowest BCUT2D eigenvalue weighted by atomic mass is 10.0. The number of hydrogen-bond acceptors (Lipinski definition) is 5. The van der Waals surface area contributed by atoms with Gasteiger partial charge >= 0.3 is 0 Å². The Morgan fingerprint density at radius 1 is 1.27 bits per heavy atom. The second-order valence-corrected chi connectivity index (χ2v) is 8.15. The molecule has 30 heavy (non-hydrogen) atoms. The third-order valence-electron chi connectivity index (χ3n) is 5.47. The van der Waals surface area contributed by atoms with Crippen LogP contribution in [0.3, 0.4) is 0 Å². The van der Waals surface area contributed by atoms with Crippen LogP contribution in [-0.2, 0) is 22.4 Å². The maximum Gasteiger partial charge on any atom is 0.242 e. The van der Waals surface area contributed by atoms with Gasteiger partial charge in [-0.1, -0.05) is 18.2 Å². The van der Waals surface area contributed by atoms with Crippen LogP contribution in [0.4, 0.5) is 5.82 Å². The summed E-state index contributed by atoms with van der Waals surface area (Å²) in [6.07, 6.45) is 8.68. The molecule has 0 spiro atoms. The molecule has 1 aliphatic rings. The smallest absolute Gasteiger partial charge is 0.242 e. The Hall–Kier alpha value is -3.06. The van der Waals surface area contributed by atoms with Crippen LogP contribution in [0.5, 0.6) is 0 Å². The molecule has 158 valence electrons. The monoisotopic (exact) mass is 407 g/mol. The molecule has 0 radical (unpaired) electrons. The maximum atomic E-state index is 12.5. The second-order valence-electron chi connectivity index (χ2n) is 8.15. The van der Waals surface area contributed by atoms with Crippen LogP contribution in [0.25, 0.3) is 6.08 Å². The van der Waals surface area contributed by atoms with Gasteiger partial charge in [0.2, 0.25) is 11.8 Å². The molecule has 0 aromatic carbocycles. The van der Waals surface area contributed by atoms with Crippen molar-refractivity contribution in [3.63, 3.8) is 0 Å². The number of nitrogens with zero attached hydrogens (tertiary/aromatic N) is 3. The van der Waals surface area contributed by atoms with Crippen molar-refractivity contribution in [1.82, 2.24) is 20.2 Å².